The zero-order valence-electron chi connectivity index (χ0n) is 16.3. The molecule has 5 heteroatoms. The summed E-state index contributed by atoms with van der Waals surface area (Å²) in [4.78, 5) is 12.5. The molecule has 3 aromatic carbocycles. The summed E-state index contributed by atoms with van der Waals surface area (Å²) in [5.41, 5.74) is 4.64. The average molecular weight is 376 g/mol. The highest BCUT2D eigenvalue weighted by atomic mass is 16.5. The molecule has 0 aliphatic rings. The number of hydrogen-bond acceptors (Lipinski definition) is 4. The molecule has 0 radical (unpaired) electrons. The Balaban J connectivity index is 1.62. The first-order chi connectivity index (χ1) is 13.6. The average Bonchev–Trinajstić information content (AvgIpc) is 2.74. The molecular formula is C23H24N2O3. The molecule has 0 fully saturated rings. The van der Waals surface area contributed by atoms with Crippen LogP contribution in [0.5, 0.6) is 11.5 Å². The highest BCUT2D eigenvalue weighted by molar-refractivity contribution is 6.04. The molecule has 1 amide bonds. The van der Waals surface area contributed by atoms with E-state index in [4.69, 9.17) is 9.47 Å². The third kappa shape index (κ3) is 5.04. The van der Waals surface area contributed by atoms with Gasteiger partial charge in [0.15, 0.2) is 0 Å². The number of carbonyl (C=O) groups is 1. The number of aryl methyl sites for hydroxylation is 1. The topological polar surface area (TPSA) is 59.6 Å². The molecule has 3 rings (SSSR count). The molecule has 3 aromatic rings. The fraction of sp³-hybridized carbons (Fsp3) is 0.174. The number of rotatable bonds is 7. The van der Waals surface area contributed by atoms with Crippen LogP contribution in [0.15, 0.2) is 66.7 Å². The van der Waals surface area contributed by atoms with Gasteiger partial charge in [0.05, 0.1) is 14.2 Å². The van der Waals surface area contributed by atoms with Gasteiger partial charge in [-0.15, -0.1) is 0 Å². The number of amides is 1. The predicted molar refractivity (Wildman–Crippen MR) is 112 cm³/mol. The predicted octanol–water partition coefficient (Wildman–Crippen LogP) is 4.88. The van der Waals surface area contributed by atoms with Crippen LogP contribution in [0, 0.1) is 6.92 Å². The van der Waals surface area contributed by atoms with Crippen LogP contribution in [-0.4, -0.2) is 20.1 Å². The summed E-state index contributed by atoms with van der Waals surface area (Å²) in [5, 5.41) is 6.27. The van der Waals surface area contributed by atoms with Crippen LogP contribution < -0.4 is 20.1 Å². The fourth-order valence-corrected chi connectivity index (χ4v) is 2.72. The van der Waals surface area contributed by atoms with Crippen molar-refractivity contribution in [2.75, 3.05) is 24.9 Å². The first kappa shape index (κ1) is 19.3. The maximum atomic E-state index is 12.5. The van der Waals surface area contributed by atoms with Gasteiger partial charge < -0.3 is 20.1 Å². The minimum atomic E-state index is -0.224. The Labute approximate surface area is 165 Å². The zero-order valence-corrected chi connectivity index (χ0v) is 16.3. The van der Waals surface area contributed by atoms with Crippen LogP contribution in [0.2, 0.25) is 0 Å². The minimum absolute atomic E-state index is 0.224. The summed E-state index contributed by atoms with van der Waals surface area (Å²) >= 11 is 0. The van der Waals surface area contributed by atoms with Crippen LogP contribution in [0.3, 0.4) is 0 Å². The summed E-state index contributed by atoms with van der Waals surface area (Å²) in [6, 6.07) is 21.1. The first-order valence-corrected chi connectivity index (χ1v) is 9.01. The van der Waals surface area contributed by atoms with Crippen LogP contribution >= 0.6 is 0 Å². The van der Waals surface area contributed by atoms with Gasteiger partial charge >= 0.3 is 0 Å². The molecule has 0 saturated heterocycles. The van der Waals surface area contributed by atoms with E-state index in [1.807, 2.05) is 24.3 Å². The standard InChI is InChI=1S/C23H24N2O3/c1-16-4-6-17(7-5-16)15-24-19-8-10-20(11-9-19)25-23(26)18-12-21(27-2)14-22(13-18)28-3/h4-14,24H,15H2,1-3H3,(H,25,26). The van der Waals surface area contributed by atoms with Gasteiger partial charge in [0.1, 0.15) is 11.5 Å². The van der Waals surface area contributed by atoms with Crippen molar-refractivity contribution in [3.05, 3.63) is 83.4 Å². The Morgan fingerprint density at radius 1 is 0.821 bits per heavy atom. The van der Waals surface area contributed by atoms with Crippen LogP contribution in [0.25, 0.3) is 0 Å². The van der Waals surface area contributed by atoms with E-state index in [1.165, 1.54) is 11.1 Å². The minimum Gasteiger partial charge on any atom is -0.497 e. The van der Waals surface area contributed by atoms with E-state index in [0.717, 1.165) is 12.2 Å². The van der Waals surface area contributed by atoms with Crippen LogP contribution in [0.1, 0.15) is 21.5 Å². The third-order valence-corrected chi connectivity index (χ3v) is 4.37. The number of benzene rings is 3. The van der Waals surface area contributed by atoms with Gasteiger partial charge in [0.2, 0.25) is 0 Å². The maximum absolute atomic E-state index is 12.5. The largest absolute Gasteiger partial charge is 0.497 e. The molecule has 0 unspecified atom stereocenters. The molecule has 144 valence electrons. The normalized spacial score (nSPS) is 10.2. The van der Waals surface area contributed by atoms with Crippen molar-refractivity contribution in [3.63, 3.8) is 0 Å². The van der Waals surface area contributed by atoms with Gasteiger partial charge in [0, 0.05) is 29.5 Å². The molecule has 0 aliphatic heterocycles. The second kappa shape index (κ2) is 8.95. The molecule has 28 heavy (non-hydrogen) atoms. The molecule has 0 spiro atoms. The van der Waals surface area contributed by atoms with Gasteiger partial charge in [-0.25, -0.2) is 0 Å². The molecule has 5 nitrogen and oxygen atoms in total. The molecule has 0 atom stereocenters. The lowest BCUT2D eigenvalue weighted by Crippen LogP contribution is -2.12. The van der Waals surface area contributed by atoms with E-state index in [-0.39, 0.29) is 5.91 Å². The molecule has 0 aliphatic carbocycles. The summed E-state index contributed by atoms with van der Waals surface area (Å²) in [6.07, 6.45) is 0. The van der Waals surface area contributed by atoms with Gasteiger partial charge in [-0.3, -0.25) is 4.79 Å². The van der Waals surface area contributed by atoms with Crippen LogP contribution in [-0.2, 0) is 6.54 Å². The van der Waals surface area contributed by atoms with Crippen molar-refractivity contribution in [3.8, 4) is 11.5 Å². The van der Waals surface area contributed by atoms with Crippen molar-refractivity contribution < 1.29 is 14.3 Å². The Kier molecular flexibility index (Phi) is 6.17. The second-order valence-corrected chi connectivity index (χ2v) is 6.47. The molecule has 0 saturated carbocycles. The summed E-state index contributed by atoms with van der Waals surface area (Å²) < 4.78 is 10.4. The molecule has 0 aromatic heterocycles. The lowest BCUT2D eigenvalue weighted by Gasteiger charge is -2.11. The molecule has 0 bridgehead atoms. The monoisotopic (exact) mass is 376 g/mol. The van der Waals surface area contributed by atoms with Crippen molar-refractivity contribution in [2.24, 2.45) is 0 Å². The van der Waals surface area contributed by atoms with E-state index in [2.05, 4.69) is 41.8 Å². The zero-order chi connectivity index (χ0) is 19.9. The van der Waals surface area contributed by atoms with Gasteiger partial charge in [-0.1, -0.05) is 29.8 Å². The van der Waals surface area contributed by atoms with E-state index >= 15 is 0 Å². The third-order valence-electron chi connectivity index (χ3n) is 4.37. The van der Waals surface area contributed by atoms with Crippen molar-refractivity contribution in [1.29, 1.82) is 0 Å². The Morgan fingerprint density at radius 3 is 1.96 bits per heavy atom. The highest BCUT2D eigenvalue weighted by Gasteiger charge is 2.10. The maximum Gasteiger partial charge on any atom is 0.255 e. The van der Waals surface area contributed by atoms with Crippen molar-refractivity contribution >= 4 is 17.3 Å². The summed E-state index contributed by atoms with van der Waals surface area (Å²) in [7, 11) is 3.11. The smallest absolute Gasteiger partial charge is 0.255 e. The SMILES string of the molecule is COc1cc(OC)cc(C(=O)Nc2ccc(NCc3ccc(C)cc3)cc2)c1. The number of anilines is 2. The molecule has 0 heterocycles. The number of ether oxygens (including phenoxy) is 2. The molecule has 2 N–H and O–H groups in total. The summed E-state index contributed by atoms with van der Waals surface area (Å²) in [6.45, 7) is 2.82. The van der Waals surface area contributed by atoms with Crippen molar-refractivity contribution in [2.45, 2.75) is 13.5 Å². The first-order valence-electron chi connectivity index (χ1n) is 9.01. The number of methoxy groups -OCH3 is 2. The van der Waals surface area contributed by atoms with Gasteiger partial charge in [-0.05, 0) is 48.9 Å². The Hall–Kier alpha value is -3.47. The number of nitrogens with one attached hydrogen (secondary N) is 2. The van der Waals surface area contributed by atoms with E-state index in [0.29, 0.717) is 22.7 Å². The number of hydrogen-bond donors (Lipinski definition) is 2. The van der Waals surface area contributed by atoms with Gasteiger partial charge in [-0.2, -0.15) is 0 Å². The lowest BCUT2D eigenvalue weighted by molar-refractivity contribution is 0.102. The van der Waals surface area contributed by atoms with Gasteiger partial charge in [0.25, 0.3) is 5.91 Å². The lowest BCUT2D eigenvalue weighted by atomic mass is 10.1. The van der Waals surface area contributed by atoms with Crippen molar-refractivity contribution in [1.82, 2.24) is 0 Å². The van der Waals surface area contributed by atoms with E-state index in [1.54, 1.807) is 32.4 Å². The fourth-order valence-electron chi connectivity index (χ4n) is 2.72. The summed E-state index contributed by atoms with van der Waals surface area (Å²) in [5.74, 6) is 0.915. The Bertz CT molecular complexity index is 913. The second-order valence-electron chi connectivity index (χ2n) is 6.47. The van der Waals surface area contributed by atoms with Crippen LogP contribution in [0.4, 0.5) is 11.4 Å². The quantitative estimate of drug-likeness (QED) is 0.617. The highest BCUT2D eigenvalue weighted by Crippen LogP contribution is 2.23. The Morgan fingerprint density at radius 2 is 1.39 bits per heavy atom. The van der Waals surface area contributed by atoms with E-state index < -0.39 is 0 Å². The van der Waals surface area contributed by atoms with E-state index in [9.17, 15) is 4.79 Å². The molecular weight excluding hydrogens is 352 g/mol. The number of carbonyl (C=O) groups excluding carboxylic acids is 1.